The third-order valence-electron chi connectivity index (χ3n) is 4.27. The Morgan fingerprint density at radius 3 is 2.65 bits per heavy atom. The molecule has 0 aliphatic heterocycles. The lowest BCUT2D eigenvalue weighted by molar-refractivity contribution is 0.628. The summed E-state index contributed by atoms with van der Waals surface area (Å²) in [5.74, 6) is 0.503. The summed E-state index contributed by atoms with van der Waals surface area (Å²) in [5.41, 5.74) is 4.72. The maximum atomic E-state index is 13.5. The summed E-state index contributed by atoms with van der Waals surface area (Å²) in [6.07, 6.45) is 1.81. The van der Waals surface area contributed by atoms with E-state index in [2.05, 4.69) is 32.3 Å². The molecule has 4 aromatic rings. The second-order valence-electron chi connectivity index (χ2n) is 6.42. The van der Waals surface area contributed by atoms with E-state index in [1.807, 2.05) is 50.6 Å². The van der Waals surface area contributed by atoms with Crippen LogP contribution in [-0.2, 0) is 0 Å². The number of benzene rings is 2. The molecule has 0 unspecified atom stereocenters. The Balaban J connectivity index is 1.64. The van der Waals surface area contributed by atoms with Crippen LogP contribution < -0.4 is 10.2 Å². The van der Waals surface area contributed by atoms with Crippen molar-refractivity contribution in [3.63, 3.8) is 0 Å². The Hall–Kier alpha value is -3.34. The highest BCUT2D eigenvalue weighted by atomic mass is 19.1. The van der Waals surface area contributed by atoms with Crippen LogP contribution in [0.4, 0.5) is 21.6 Å². The third-order valence-corrected chi connectivity index (χ3v) is 4.27. The predicted molar refractivity (Wildman–Crippen MR) is 106 cm³/mol. The SMILES string of the molecule is CN(C)c1cccc(Nc2cc3[nH]c(-c4cccc(F)c4)cc3cn2)c1. The summed E-state index contributed by atoms with van der Waals surface area (Å²) < 4.78 is 13.5. The van der Waals surface area contributed by atoms with Gasteiger partial charge in [0.15, 0.2) is 0 Å². The average molecular weight is 346 g/mol. The Morgan fingerprint density at radius 2 is 1.85 bits per heavy atom. The van der Waals surface area contributed by atoms with Gasteiger partial charge in [-0.15, -0.1) is 0 Å². The molecule has 0 fully saturated rings. The van der Waals surface area contributed by atoms with E-state index in [0.717, 1.165) is 39.4 Å². The molecule has 0 bridgehead atoms. The molecular formula is C21H19FN4. The molecule has 0 atom stereocenters. The fraction of sp³-hybridized carbons (Fsp3) is 0.0952. The zero-order valence-corrected chi connectivity index (χ0v) is 14.6. The standard InChI is InChI=1S/C21H19FN4/c1-26(2)18-8-4-7-17(11-18)24-21-12-20-15(13-23-21)10-19(25-20)14-5-3-6-16(22)9-14/h3-13,25H,1-2H3,(H,23,24). The number of nitrogens with one attached hydrogen (secondary N) is 2. The molecule has 2 heterocycles. The van der Waals surface area contributed by atoms with E-state index in [0.29, 0.717) is 0 Å². The number of nitrogens with zero attached hydrogens (tertiary/aromatic N) is 2. The van der Waals surface area contributed by atoms with Crippen LogP contribution in [-0.4, -0.2) is 24.1 Å². The van der Waals surface area contributed by atoms with Crippen LogP contribution in [0.15, 0.2) is 66.9 Å². The first kappa shape index (κ1) is 16.1. The number of fused-ring (bicyclic) bond motifs is 1. The van der Waals surface area contributed by atoms with Crippen molar-refractivity contribution < 1.29 is 4.39 Å². The van der Waals surface area contributed by atoms with Gasteiger partial charge in [-0.2, -0.15) is 0 Å². The summed E-state index contributed by atoms with van der Waals surface area (Å²) in [5, 5.41) is 4.31. The maximum absolute atomic E-state index is 13.5. The van der Waals surface area contributed by atoms with Crippen molar-refractivity contribution in [1.82, 2.24) is 9.97 Å². The summed E-state index contributed by atoms with van der Waals surface area (Å²) >= 11 is 0. The van der Waals surface area contributed by atoms with Crippen LogP contribution >= 0.6 is 0 Å². The first-order chi connectivity index (χ1) is 12.6. The third kappa shape index (κ3) is 3.24. The average Bonchev–Trinajstić information content (AvgIpc) is 3.05. The lowest BCUT2D eigenvalue weighted by atomic mass is 10.1. The molecule has 5 heteroatoms. The Bertz CT molecular complexity index is 1070. The first-order valence-corrected chi connectivity index (χ1v) is 8.37. The van der Waals surface area contributed by atoms with Crippen molar-refractivity contribution in [3.8, 4) is 11.3 Å². The van der Waals surface area contributed by atoms with E-state index < -0.39 is 0 Å². The van der Waals surface area contributed by atoms with Crippen molar-refractivity contribution >= 4 is 28.1 Å². The fourth-order valence-electron chi connectivity index (χ4n) is 2.92. The second kappa shape index (κ2) is 6.52. The molecule has 2 aromatic carbocycles. The lowest BCUT2D eigenvalue weighted by Crippen LogP contribution is -2.08. The minimum Gasteiger partial charge on any atom is -0.378 e. The molecular weight excluding hydrogens is 327 g/mol. The van der Waals surface area contributed by atoms with E-state index in [9.17, 15) is 4.39 Å². The van der Waals surface area contributed by atoms with Gasteiger partial charge < -0.3 is 15.2 Å². The number of H-pyrrole nitrogens is 1. The van der Waals surface area contributed by atoms with Gasteiger partial charge in [-0.1, -0.05) is 18.2 Å². The van der Waals surface area contributed by atoms with Crippen molar-refractivity contribution in [2.75, 3.05) is 24.3 Å². The summed E-state index contributed by atoms with van der Waals surface area (Å²) in [6, 6.07) is 18.6. The summed E-state index contributed by atoms with van der Waals surface area (Å²) in [6.45, 7) is 0. The van der Waals surface area contributed by atoms with E-state index in [1.165, 1.54) is 12.1 Å². The molecule has 0 amide bonds. The van der Waals surface area contributed by atoms with E-state index >= 15 is 0 Å². The van der Waals surface area contributed by atoms with Gasteiger partial charge in [-0.3, -0.25) is 0 Å². The molecule has 4 nitrogen and oxygen atoms in total. The van der Waals surface area contributed by atoms with Gasteiger partial charge in [0.2, 0.25) is 0 Å². The summed E-state index contributed by atoms with van der Waals surface area (Å²) in [4.78, 5) is 9.88. The minimum absolute atomic E-state index is 0.248. The van der Waals surface area contributed by atoms with Gasteiger partial charge in [-0.05, 0) is 36.4 Å². The highest BCUT2D eigenvalue weighted by molar-refractivity contribution is 5.87. The van der Waals surface area contributed by atoms with Gasteiger partial charge in [-0.25, -0.2) is 9.37 Å². The van der Waals surface area contributed by atoms with Crippen LogP contribution in [0.2, 0.25) is 0 Å². The van der Waals surface area contributed by atoms with Crippen molar-refractivity contribution in [2.24, 2.45) is 0 Å². The van der Waals surface area contributed by atoms with Gasteiger partial charge >= 0.3 is 0 Å². The Morgan fingerprint density at radius 1 is 1.00 bits per heavy atom. The van der Waals surface area contributed by atoms with Crippen molar-refractivity contribution in [1.29, 1.82) is 0 Å². The van der Waals surface area contributed by atoms with E-state index in [1.54, 1.807) is 6.07 Å². The number of halogens is 1. The molecule has 0 aliphatic rings. The number of aromatic amines is 1. The molecule has 26 heavy (non-hydrogen) atoms. The van der Waals surface area contributed by atoms with Crippen LogP contribution in [0.25, 0.3) is 22.2 Å². The van der Waals surface area contributed by atoms with Gasteiger partial charge in [0.25, 0.3) is 0 Å². The molecule has 2 aromatic heterocycles. The number of anilines is 3. The van der Waals surface area contributed by atoms with Crippen LogP contribution in [0.3, 0.4) is 0 Å². The number of rotatable bonds is 4. The lowest BCUT2D eigenvalue weighted by Gasteiger charge is -2.14. The topological polar surface area (TPSA) is 44.0 Å². The van der Waals surface area contributed by atoms with Crippen molar-refractivity contribution in [2.45, 2.75) is 0 Å². The normalized spacial score (nSPS) is 10.9. The molecule has 130 valence electrons. The number of pyridine rings is 1. The van der Waals surface area contributed by atoms with Gasteiger partial charge in [0, 0.05) is 54.4 Å². The monoisotopic (exact) mass is 346 g/mol. The van der Waals surface area contributed by atoms with Gasteiger partial charge in [0.05, 0.1) is 5.52 Å². The number of hydrogen-bond acceptors (Lipinski definition) is 3. The molecule has 0 aliphatic carbocycles. The fourth-order valence-corrected chi connectivity index (χ4v) is 2.92. The van der Waals surface area contributed by atoms with Crippen LogP contribution in [0, 0.1) is 5.82 Å². The summed E-state index contributed by atoms with van der Waals surface area (Å²) in [7, 11) is 4.02. The molecule has 0 spiro atoms. The predicted octanol–water partition coefficient (Wildman–Crippen LogP) is 5.18. The highest BCUT2D eigenvalue weighted by Crippen LogP contribution is 2.27. The largest absolute Gasteiger partial charge is 0.378 e. The minimum atomic E-state index is -0.248. The molecule has 0 saturated heterocycles. The first-order valence-electron chi connectivity index (χ1n) is 8.37. The highest BCUT2D eigenvalue weighted by Gasteiger charge is 2.07. The number of hydrogen-bond donors (Lipinski definition) is 2. The quantitative estimate of drug-likeness (QED) is 0.535. The zero-order chi connectivity index (χ0) is 18.1. The zero-order valence-electron chi connectivity index (χ0n) is 14.6. The van der Waals surface area contributed by atoms with Crippen molar-refractivity contribution in [3.05, 3.63) is 72.7 Å². The van der Waals surface area contributed by atoms with E-state index in [-0.39, 0.29) is 5.82 Å². The van der Waals surface area contributed by atoms with E-state index in [4.69, 9.17) is 0 Å². The molecule has 4 rings (SSSR count). The Labute approximate surface area is 151 Å². The number of aromatic nitrogens is 2. The second-order valence-corrected chi connectivity index (χ2v) is 6.42. The molecule has 2 N–H and O–H groups in total. The maximum Gasteiger partial charge on any atom is 0.132 e. The molecule has 0 saturated carbocycles. The van der Waals surface area contributed by atoms with Crippen LogP contribution in [0.5, 0.6) is 0 Å². The van der Waals surface area contributed by atoms with Gasteiger partial charge in [0.1, 0.15) is 11.6 Å². The smallest absolute Gasteiger partial charge is 0.132 e. The molecule has 0 radical (unpaired) electrons. The van der Waals surface area contributed by atoms with Crippen LogP contribution in [0.1, 0.15) is 0 Å². The Kier molecular flexibility index (Phi) is 4.05.